The lowest BCUT2D eigenvalue weighted by atomic mass is 10.1. The van der Waals surface area contributed by atoms with Crippen molar-refractivity contribution < 1.29 is 14.1 Å². The summed E-state index contributed by atoms with van der Waals surface area (Å²) in [4.78, 5) is 12.8. The number of methoxy groups -OCH3 is 1. The van der Waals surface area contributed by atoms with Crippen LogP contribution in [0.2, 0.25) is 0 Å². The molecule has 0 aliphatic heterocycles. The van der Waals surface area contributed by atoms with E-state index in [2.05, 4.69) is 15.8 Å². The number of hydrogen-bond acceptors (Lipinski definition) is 6. The van der Waals surface area contributed by atoms with E-state index in [4.69, 9.17) is 21.5 Å². The quantitative estimate of drug-likeness (QED) is 0.666. The molecule has 0 aliphatic rings. The first-order valence-corrected chi connectivity index (χ1v) is 6.92. The third-order valence-electron chi connectivity index (χ3n) is 2.68. The maximum Gasteiger partial charge on any atom is 0.341 e. The zero-order valence-electron chi connectivity index (χ0n) is 11.1. The van der Waals surface area contributed by atoms with Crippen LogP contribution in [0.1, 0.15) is 20.8 Å². The molecule has 6 nitrogen and oxygen atoms in total. The van der Waals surface area contributed by atoms with Crippen molar-refractivity contribution in [2.24, 2.45) is 0 Å². The van der Waals surface area contributed by atoms with E-state index in [0.717, 1.165) is 10.4 Å². The van der Waals surface area contributed by atoms with E-state index >= 15 is 0 Å². The van der Waals surface area contributed by atoms with E-state index in [1.54, 1.807) is 6.07 Å². The Labute approximate surface area is 125 Å². The van der Waals surface area contributed by atoms with Crippen LogP contribution in [0.25, 0.3) is 0 Å². The zero-order valence-corrected chi connectivity index (χ0v) is 12.8. The van der Waals surface area contributed by atoms with Gasteiger partial charge in [-0.2, -0.15) is 0 Å². The number of carbonyl (C=O) groups is 1. The molecular formula is C12H13N3O3S2. The number of aryl methyl sites for hydroxylation is 1. The molecule has 8 heteroatoms. The largest absolute Gasteiger partial charge is 0.465 e. The summed E-state index contributed by atoms with van der Waals surface area (Å²) in [6.45, 7) is 3.81. The van der Waals surface area contributed by atoms with Crippen LogP contribution in [0, 0.1) is 13.8 Å². The van der Waals surface area contributed by atoms with Crippen LogP contribution < -0.4 is 10.6 Å². The summed E-state index contributed by atoms with van der Waals surface area (Å²) >= 11 is 6.61. The normalized spacial score (nSPS) is 10.2. The van der Waals surface area contributed by atoms with Gasteiger partial charge in [0.2, 0.25) is 0 Å². The van der Waals surface area contributed by atoms with Crippen molar-refractivity contribution >= 4 is 45.5 Å². The van der Waals surface area contributed by atoms with Crippen molar-refractivity contribution in [3.63, 3.8) is 0 Å². The van der Waals surface area contributed by atoms with Gasteiger partial charge >= 0.3 is 5.97 Å². The van der Waals surface area contributed by atoms with Crippen LogP contribution >= 0.6 is 23.6 Å². The van der Waals surface area contributed by atoms with Crippen LogP contribution in [-0.2, 0) is 4.74 Å². The number of nitrogens with zero attached hydrogens (tertiary/aromatic N) is 1. The summed E-state index contributed by atoms with van der Waals surface area (Å²) in [5.74, 6) is 0.103. The van der Waals surface area contributed by atoms with Gasteiger partial charge in [-0.3, -0.25) is 0 Å². The van der Waals surface area contributed by atoms with Gasteiger partial charge in [0.15, 0.2) is 10.9 Å². The monoisotopic (exact) mass is 311 g/mol. The Morgan fingerprint density at radius 1 is 1.45 bits per heavy atom. The molecule has 0 spiro atoms. The number of ether oxygens (including phenoxy) is 1. The van der Waals surface area contributed by atoms with E-state index in [1.807, 2.05) is 13.8 Å². The van der Waals surface area contributed by atoms with Crippen molar-refractivity contribution in [1.82, 2.24) is 5.16 Å². The lowest BCUT2D eigenvalue weighted by Crippen LogP contribution is -2.20. The van der Waals surface area contributed by atoms with Crippen molar-refractivity contribution in [2.75, 3.05) is 17.7 Å². The molecule has 2 rings (SSSR count). The van der Waals surface area contributed by atoms with Gasteiger partial charge in [0.1, 0.15) is 11.3 Å². The maximum atomic E-state index is 11.8. The molecular weight excluding hydrogens is 298 g/mol. The molecule has 0 amide bonds. The number of nitrogens with one attached hydrogen (secondary N) is 2. The Morgan fingerprint density at radius 3 is 2.80 bits per heavy atom. The van der Waals surface area contributed by atoms with Gasteiger partial charge in [0.25, 0.3) is 0 Å². The van der Waals surface area contributed by atoms with Gasteiger partial charge in [-0.05, 0) is 31.6 Å². The highest BCUT2D eigenvalue weighted by atomic mass is 32.1. The van der Waals surface area contributed by atoms with Crippen molar-refractivity contribution in [1.29, 1.82) is 0 Å². The third kappa shape index (κ3) is 2.97. The van der Waals surface area contributed by atoms with Gasteiger partial charge in [-0.15, -0.1) is 11.3 Å². The van der Waals surface area contributed by atoms with E-state index < -0.39 is 5.97 Å². The summed E-state index contributed by atoms with van der Waals surface area (Å²) in [5, 5.41) is 10.5. The fourth-order valence-electron chi connectivity index (χ4n) is 1.59. The Hall–Kier alpha value is -1.93. The second-order valence-corrected chi connectivity index (χ2v) is 5.58. The van der Waals surface area contributed by atoms with Gasteiger partial charge in [0, 0.05) is 10.9 Å². The first-order chi connectivity index (χ1) is 9.52. The number of rotatable bonds is 3. The Morgan fingerprint density at radius 2 is 2.20 bits per heavy atom. The fourth-order valence-corrected chi connectivity index (χ4v) is 2.91. The lowest BCUT2D eigenvalue weighted by Gasteiger charge is -2.08. The minimum absolute atomic E-state index is 0.324. The van der Waals surface area contributed by atoms with Gasteiger partial charge in [0.05, 0.1) is 12.7 Å². The predicted molar refractivity (Wildman–Crippen MR) is 81.5 cm³/mol. The highest BCUT2D eigenvalue weighted by Gasteiger charge is 2.20. The number of anilines is 2. The molecule has 0 saturated carbocycles. The second-order valence-electron chi connectivity index (χ2n) is 3.94. The van der Waals surface area contributed by atoms with E-state index in [1.165, 1.54) is 24.7 Å². The summed E-state index contributed by atoms with van der Waals surface area (Å²) < 4.78 is 9.49. The number of thiophene rings is 1. The number of esters is 1. The smallest absolute Gasteiger partial charge is 0.341 e. The van der Waals surface area contributed by atoms with Crippen LogP contribution in [-0.4, -0.2) is 23.3 Å². The minimum Gasteiger partial charge on any atom is -0.465 e. The molecule has 2 N–H and O–H groups in total. The number of hydrogen-bond donors (Lipinski definition) is 2. The van der Waals surface area contributed by atoms with Crippen molar-refractivity contribution in [2.45, 2.75) is 13.8 Å². The third-order valence-corrected chi connectivity index (χ3v) is 4.01. The van der Waals surface area contributed by atoms with Crippen molar-refractivity contribution in [3.8, 4) is 0 Å². The molecule has 0 aromatic carbocycles. The second kappa shape index (κ2) is 6.02. The molecule has 0 saturated heterocycles. The zero-order chi connectivity index (χ0) is 14.7. The van der Waals surface area contributed by atoms with Gasteiger partial charge in [-0.25, -0.2) is 4.79 Å². The summed E-state index contributed by atoms with van der Waals surface area (Å²) in [6.07, 6.45) is 1.43. The molecule has 0 aliphatic carbocycles. The molecule has 2 heterocycles. The predicted octanol–water partition coefficient (Wildman–Crippen LogP) is 2.95. The highest BCUT2D eigenvalue weighted by molar-refractivity contribution is 7.80. The summed E-state index contributed by atoms with van der Waals surface area (Å²) in [5.41, 5.74) is 1.38. The standard InChI is InChI=1S/C12H13N3O3S2/c1-6-7(2)20-10(9(6)11(16)17-3)14-12(19)13-8-4-5-18-15-8/h4-5H,1-3H3,(H2,13,14,15,19). The minimum atomic E-state index is -0.390. The maximum absolute atomic E-state index is 11.8. The van der Waals surface area contributed by atoms with Crippen LogP contribution in [0.3, 0.4) is 0 Å². The molecule has 0 radical (unpaired) electrons. The summed E-state index contributed by atoms with van der Waals surface area (Å²) in [7, 11) is 1.35. The molecule has 0 atom stereocenters. The molecule has 0 fully saturated rings. The van der Waals surface area contributed by atoms with E-state index in [9.17, 15) is 4.79 Å². The Kier molecular flexibility index (Phi) is 4.35. The number of carbonyl (C=O) groups excluding carboxylic acids is 1. The van der Waals surface area contributed by atoms with E-state index in [-0.39, 0.29) is 0 Å². The first kappa shape index (κ1) is 14.5. The van der Waals surface area contributed by atoms with Crippen LogP contribution in [0.5, 0.6) is 0 Å². The first-order valence-electron chi connectivity index (χ1n) is 5.69. The molecule has 2 aromatic rings. The molecule has 2 aromatic heterocycles. The lowest BCUT2D eigenvalue weighted by molar-refractivity contribution is 0.0601. The fraction of sp³-hybridized carbons (Fsp3) is 0.250. The van der Waals surface area contributed by atoms with Crippen LogP contribution in [0.15, 0.2) is 16.9 Å². The van der Waals surface area contributed by atoms with Gasteiger partial charge in [-0.1, -0.05) is 5.16 Å². The molecule has 0 unspecified atom stereocenters. The average molecular weight is 311 g/mol. The Bertz CT molecular complexity index is 635. The number of thiocarbonyl (C=S) groups is 1. The summed E-state index contributed by atoms with van der Waals surface area (Å²) in [6, 6.07) is 1.64. The van der Waals surface area contributed by atoms with Gasteiger partial charge < -0.3 is 19.9 Å². The molecule has 106 valence electrons. The van der Waals surface area contributed by atoms with Crippen molar-refractivity contribution in [3.05, 3.63) is 28.3 Å². The number of aromatic nitrogens is 1. The highest BCUT2D eigenvalue weighted by Crippen LogP contribution is 2.33. The van der Waals surface area contributed by atoms with Crippen LogP contribution in [0.4, 0.5) is 10.8 Å². The Balaban J connectivity index is 2.18. The average Bonchev–Trinajstić information content (AvgIpc) is 2.99. The van der Waals surface area contributed by atoms with E-state index in [0.29, 0.717) is 21.5 Å². The topological polar surface area (TPSA) is 76.4 Å². The SMILES string of the molecule is COC(=O)c1c(NC(=S)Nc2ccon2)sc(C)c1C. The molecule has 20 heavy (non-hydrogen) atoms. The molecule has 0 bridgehead atoms.